The van der Waals surface area contributed by atoms with Gasteiger partial charge in [-0.3, -0.25) is 4.79 Å². The Kier molecular flexibility index (Phi) is 8.18. The molecule has 3 N–H and O–H groups in total. The fraction of sp³-hybridized carbons (Fsp3) is 0.385. The molecule has 1 aliphatic rings. The summed E-state index contributed by atoms with van der Waals surface area (Å²) < 4.78 is 15.5. The molecule has 36 heavy (non-hydrogen) atoms. The van der Waals surface area contributed by atoms with Crippen molar-refractivity contribution in [2.75, 3.05) is 13.2 Å². The van der Waals surface area contributed by atoms with Crippen molar-refractivity contribution >= 4 is 24.1 Å². The van der Waals surface area contributed by atoms with Crippen molar-refractivity contribution < 1.29 is 38.5 Å². The number of esters is 1. The van der Waals surface area contributed by atoms with Crippen LogP contribution in [0.25, 0.3) is 11.1 Å². The Balaban J connectivity index is 1.49. The molecule has 192 valence electrons. The molecular formula is C26H30N2O8. The largest absolute Gasteiger partial charge is 0.480 e. The zero-order valence-corrected chi connectivity index (χ0v) is 20.6. The molecule has 0 saturated carbocycles. The predicted octanol–water partition coefficient (Wildman–Crippen LogP) is 3.43. The average molecular weight is 499 g/mol. The second-order valence-electron chi connectivity index (χ2n) is 9.34. The van der Waals surface area contributed by atoms with E-state index in [1.807, 2.05) is 48.5 Å². The molecule has 0 saturated heterocycles. The standard InChI is InChI=1S/C26H30N2O8/c1-15(22(23(30)31)28-25(33)36-26(2,3)4)35-21(29)13-27-24(32)34-14-20-18-11-7-5-9-16(18)17-10-6-8-12-19(17)20/h5-12,15,20,22H,13-14H2,1-4H3,(H,27,32)(H,28,33)(H,30,31)/t15-,22-/m0/s1. The van der Waals surface area contributed by atoms with Gasteiger partial charge in [-0.05, 0) is 49.9 Å². The number of carboxylic acids is 1. The number of ether oxygens (including phenoxy) is 3. The predicted molar refractivity (Wildman–Crippen MR) is 129 cm³/mol. The van der Waals surface area contributed by atoms with Crippen molar-refractivity contribution in [1.29, 1.82) is 0 Å². The number of carboxylic acid groups (broad SMARTS) is 1. The lowest BCUT2D eigenvalue weighted by molar-refractivity contribution is -0.153. The molecule has 0 radical (unpaired) electrons. The molecule has 2 atom stereocenters. The van der Waals surface area contributed by atoms with E-state index in [0.717, 1.165) is 22.3 Å². The molecule has 0 unspecified atom stereocenters. The van der Waals surface area contributed by atoms with Crippen molar-refractivity contribution in [3.05, 3.63) is 59.7 Å². The summed E-state index contributed by atoms with van der Waals surface area (Å²) in [5, 5.41) is 13.8. The fourth-order valence-corrected chi connectivity index (χ4v) is 3.93. The van der Waals surface area contributed by atoms with Gasteiger partial charge in [0.05, 0.1) is 0 Å². The Morgan fingerprint density at radius 2 is 1.50 bits per heavy atom. The van der Waals surface area contributed by atoms with Gasteiger partial charge in [0.15, 0.2) is 6.04 Å². The molecule has 3 rings (SSSR count). The van der Waals surface area contributed by atoms with Gasteiger partial charge in [0.2, 0.25) is 0 Å². The van der Waals surface area contributed by atoms with Crippen LogP contribution in [0, 0.1) is 0 Å². The molecule has 1 aliphatic carbocycles. The van der Waals surface area contributed by atoms with Crippen LogP contribution in [0.3, 0.4) is 0 Å². The summed E-state index contributed by atoms with van der Waals surface area (Å²) in [5.41, 5.74) is 3.45. The van der Waals surface area contributed by atoms with Crippen LogP contribution in [0.4, 0.5) is 9.59 Å². The highest BCUT2D eigenvalue weighted by molar-refractivity contribution is 5.82. The molecular weight excluding hydrogens is 468 g/mol. The number of hydrogen-bond donors (Lipinski definition) is 3. The van der Waals surface area contributed by atoms with E-state index < -0.39 is 48.4 Å². The number of aliphatic carboxylic acids is 1. The molecule has 0 bridgehead atoms. The first-order valence-corrected chi connectivity index (χ1v) is 11.5. The Bertz CT molecular complexity index is 1100. The van der Waals surface area contributed by atoms with Gasteiger partial charge in [-0.1, -0.05) is 48.5 Å². The third-order valence-corrected chi connectivity index (χ3v) is 5.45. The van der Waals surface area contributed by atoms with Gasteiger partial charge >= 0.3 is 24.1 Å². The topological polar surface area (TPSA) is 140 Å². The van der Waals surface area contributed by atoms with E-state index in [-0.39, 0.29) is 12.5 Å². The van der Waals surface area contributed by atoms with Gasteiger partial charge in [-0.2, -0.15) is 0 Å². The summed E-state index contributed by atoms with van der Waals surface area (Å²) in [4.78, 5) is 47.8. The average Bonchev–Trinajstić information content (AvgIpc) is 3.12. The normalized spacial score (nSPS) is 14.0. The maximum absolute atomic E-state index is 12.2. The minimum absolute atomic E-state index is 0.0756. The number of benzene rings is 2. The summed E-state index contributed by atoms with van der Waals surface area (Å²) in [7, 11) is 0. The van der Waals surface area contributed by atoms with Crippen molar-refractivity contribution in [3.8, 4) is 11.1 Å². The third kappa shape index (κ3) is 6.74. The molecule has 10 nitrogen and oxygen atoms in total. The second-order valence-corrected chi connectivity index (χ2v) is 9.34. The van der Waals surface area contributed by atoms with Crippen LogP contribution in [-0.4, -0.2) is 60.1 Å². The van der Waals surface area contributed by atoms with Crippen molar-refractivity contribution in [3.63, 3.8) is 0 Å². The zero-order chi connectivity index (χ0) is 26.5. The summed E-state index contributed by atoms with van der Waals surface area (Å²) in [6, 6.07) is 14.2. The number of carbonyl (C=O) groups excluding carboxylic acids is 3. The maximum Gasteiger partial charge on any atom is 0.408 e. The first-order chi connectivity index (χ1) is 17.0. The quantitative estimate of drug-likeness (QED) is 0.371. The minimum Gasteiger partial charge on any atom is -0.480 e. The molecule has 2 aromatic carbocycles. The lowest BCUT2D eigenvalue weighted by atomic mass is 9.98. The van der Waals surface area contributed by atoms with E-state index >= 15 is 0 Å². The van der Waals surface area contributed by atoms with Crippen LogP contribution in [0.1, 0.15) is 44.7 Å². The van der Waals surface area contributed by atoms with Gasteiger partial charge in [0.25, 0.3) is 0 Å². The number of carbonyl (C=O) groups is 4. The van der Waals surface area contributed by atoms with E-state index in [9.17, 15) is 24.3 Å². The summed E-state index contributed by atoms with van der Waals surface area (Å²) >= 11 is 0. The van der Waals surface area contributed by atoms with Crippen LogP contribution in [0.5, 0.6) is 0 Å². The van der Waals surface area contributed by atoms with Crippen molar-refractivity contribution in [1.82, 2.24) is 10.6 Å². The lowest BCUT2D eigenvalue weighted by Gasteiger charge is -2.24. The summed E-state index contributed by atoms with van der Waals surface area (Å²) in [6.45, 7) is 5.72. The number of fused-ring (bicyclic) bond motifs is 3. The highest BCUT2D eigenvalue weighted by Crippen LogP contribution is 2.44. The number of amides is 2. The third-order valence-electron chi connectivity index (χ3n) is 5.45. The number of hydrogen-bond acceptors (Lipinski definition) is 7. The summed E-state index contributed by atoms with van der Waals surface area (Å²) in [6.07, 6.45) is -3.01. The zero-order valence-electron chi connectivity index (χ0n) is 20.6. The smallest absolute Gasteiger partial charge is 0.408 e. The molecule has 0 spiro atoms. The Morgan fingerprint density at radius 3 is 2.03 bits per heavy atom. The first kappa shape index (κ1) is 26.5. The van der Waals surface area contributed by atoms with Crippen LogP contribution >= 0.6 is 0 Å². The SMILES string of the molecule is C[C@H](OC(=O)CNC(=O)OCC1c2ccccc2-c2ccccc21)[C@H](NC(=O)OC(C)(C)C)C(=O)O. The minimum atomic E-state index is -1.54. The molecule has 0 aromatic heterocycles. The van der Waals surface area contributed by atoms with E-state index in [4.69, 9.17) is 14.2 Å². The highest BCUT2D eigenvalue weighted by atomic mass is 16.6. The van der Waals surface area contributed by atoms with Gasteiger partial charge in [-0.25, -0.2) is 14.4 Å². The second kappa shape index (κ2) is 11.1. The first-order valence-electron chi connectivity index (χ1n) is 11.5. The van der Waals surface area contributed by atoms with E-state index in [0.29, 0.717) is 0 Å². The Labute approximate surface area is 208 Å². The molecule has 0 heterocycles. The van der Waals surface area contributed by atoms with Crippen LogP contribution in [-0.2, 0) is 23.8 Å². The van der Waals surface area contributed by atoms with Crippen molar-refractivity contribution in [2.45, 2.75) is 51.4 Å². The van der Waals surface area contributed by atoms with Crippen LogP contribution < -0.4 is 10.6 Å². The van der Waals surface area contributed by atoms with Crippen LogP contribution in [0.2, 0.25) is 0 Å². The van der Waals surface area contributed by atoms with Gasteiger partial charge in [0, 0.05) is 5.92 Å². The van der Waals surface area contributed by atoms with Gasteiger partial charge in [0.1, 0.15) is 24.9 Å². The highest BCUT2D eigenvalue weighted by Gasteiger charge is 2.32. The fourth-order valence-electron chi connectivity index (χ4n) is 3.93. The molecule has 10 heteroatoms. The molecule has 2 amide bonds. The van der Waals surface area contributed by atoms with Crippen molar-refractivity contribution in [2.24, 2.45) is 0 Å². The summed E-state index contributed by atoms with van der Waals surface area (Å²) in [5.74, 6) is -2.44. The number of nitrogens with one attached hydrogen (secondary N) is 2. The number of alkyl carbamates (subject to hydrolysis) is 2. The monoisotopic (exact) mass is 498 g/mol. The number of rotatable bonds is 8. The van der Waals surface area contributed by atoms with E-state index in [1.54, 1.807) is 20.8 Å². The van der Waals surface area contributed by atoms with Gasteiger partial charge < -0.3 is 30.0 Å². The van der Waals surface area contributed by atoms with Gasteiger partial charge in [-0.15, -0.1) is 0 Å². The molecule has 0 fully saturated rings. The Morgan fingerprint density at radius 1 is 0.944 bits per heavy atom. The van der Waals surface area contributed by atoms with E-state index in [1.165, 1.54) is 6.92 Å². The lowest BCUT2D eigenvalue weighted by Crippen LogP contribution is -2.51. The molecule has 0 aliphatic heterocycles. The Hall–Kier alpha value is -4.08. The molecule has 2 aromatic rings. The van der Waals surface area contributed by atoms with Crippen LogP contribution in [0.15, 0.2) is 48.5 Å². The maximum atomic E-state index is 12.2. The van der Waals surface area contributed by atoms with E-state index in [2.05, 4.69) is 10.6 Å².